The van der Waals surface area contributed by atoms with Gasteiger partial charge in [0.1, 0.15) is 0 Å². The lowest BCUT2D eigenvalue weighted by Crippen LogP contribution is -2.56. The number of piperazine rings is 1. The number of benzene rings is 3. The fourth-order valence-corrected chi connectivity index (χ4v) is 3.96. The van der Waals surface area contributed by atoms with Crippen molar-refractivity contribution in [2.24, 2.45) is 0 Å². The minimum Gasteiger partial charge on any atom is -0.369 e. The van der Waals surface area contributed by atoms with Crippen LogP contribution in [-0.2, 0) is 6.54 Å². The molecule has 4 nitrogen and oxygen atoms in total. The van der Waals surface area contributed by atoms with E-state index in [1.54, 1.807) is 0 Å². The lowest BCUT2D eigenvalue weighted by molar-refractivity contribution is -0.255. The largest absolute Gasteiger partial charge is 0.369 e. The average Bonchev–Trinajstić information content (AvgIpc) is 2.75. The second kappa shape index (κ2) is 8.78. The third kappa shape index (κ3) is 4.67. The molecule has 1 amide bonds. The third-order valence-electron chi connectivity index (χ3n) is 5.49. The zero-order valence-corrected chi connectivity index (χ0v) is 17.1. The number of anilines is 1. The summed E-state index contributed by atoms with van der Waals surface area (Å²) in [5.74, 6) is -0.138. The second-order valence-electron chi connectivity index (χ2n) is 7.40. The van der Waals surface area contributed by atoms with Gasteiger partial charge in [0.2, 0.25) is 0 Å². The molecule has 1 heterocycles. The summed E-state index contributed by atoms with van der Waals surface area (Å²) in [5, 5.41) is 0.759. The summed E-state index contributed by atoms with van der Waals surface area (Å²) in [5.41, 5.74) is 9.09. The summed E-state index contributed by atoms with van der Waals surface area (Å²) >= 11 is 6.05. The van der Waals surface area contributed by atoms with E-state index in [0.29, 0.717) is 5.56 Å². The lowest BCUT2D eigenvalue weighted by atomic mass is 9.99. The molecule has 1 saturated heterocycles. The van der Waals surface area contributed by atoms with Gasteiger partial charge in [-0.3, -0.25) is 10.6 Å². The molecule has 0 atom stereocenters. The van der Waals surface area contributed by atoms with Gasteiger partial charge in [-0.1, -0.05) is 48.0 Å². The van der Waals surface area contributed by atoms with Crippen molar-refractivity contribution in [3.05, 3.63) is 88.9 Å². The van der Waals surface area contributed by atoms with E-state index in [9.17, 15) is 4.79 Å². The lowest BCUT2D eigenvalue weighted by Gasteiger charge is -2.36. The van der Waals surface area contributed by atoms with Gasteiger partial charge in [0, 0.05) is 43.4 Å². The molecule has 1 aliphatic rings. The first kappa shape index (κ1) is 19.6. The number of hydrogen-bond donors (Lipinski definition) is 1. The van der Waals surface area contributed by atoms with Gasteiger partial charge < -0.3 is 4.90 Å². The van der Waals surface area contributed by atoms with Gasteiger partial charge in [-0.2, -0.15) is 0 Å². The van der Waals surface area contributed by atoms with Crippen LogP contribution in [0.4, 0.5) is 5.69 Å². The molecule has 148 valence electrons. The van der Waals surface area contributed by atoms with Crippen LogP contribution < -0.4 is 10.6 Å². The van der Waals surface area contributed by atoms with Crippen LogP contribution in [-0.4, -0.2) is 37.0 Å². The monoisotopic (exact) mass is 406 g/mol. The highest BCUT2D eigenvalue weighted by Gasteiger charge is 2.19. The average molecular weight is 407 g/mol. The smallest absolute Gasteiger partial charge is 0.340 e. The van der Waals surface area contributed by atoms with Crippen molar-refractivity contribution in [2.75, 3.05) is 31.1 Å². The Morgan fingerprint density at radius 2 is 1.52 bits per heavy atom. The third-order valence-corrected chi connectivity index (χ3v) is 5.75. The number of nitrogens with zero attached hydrogens (tertiary/aromatic N) is 2. The Kier molecular flexibility index (Phi) is 5.95. The van der Waals surface area contributed by atoms with Crippen LogP contribution in [0.3, 0.4) is 0 Å². The fourth-order valence-electron chi connectivity index (χ4n) is 3.83. The molecule has 0 aliphatic carbocycles. The van der Waals surface area contributed by atoms with E-state index in [-0.39, 0.29) is 5.91 Å². The summed E-state index contributed by atoms with van der Waals surface area (Å²) in [7, 11) is 0. The Labute approximate surface area is 176 Å². The molecule has 3 aromatic carbocycles. The molecule has 5 heteroatoms. The Hall–Kier alpha value is -2.66. The summed E-state index contributed by atoms with van der Waals surface area (Å²) < 4.78 is 0. The van der Waals surface area contributed by atoms with Gasteiger partial charge in [0.15, 0.2) is 0 Å². The number of hydrogen-bond acceptors (Lipinski definition) is 3. The molecule has 3 N–H and O–H groups in total. The highest BCUT2D eigenvalue weighted by molar-refractivity contribution is 6.30. The summed E-state index contributed by atoms with van der Waals surface area (Å²) in [6, 6.07) is 24.4. The Balaban J connectivity index is 1.41. The predicted molar refractivity (Wildman–Crippen MR) is 118 cm³/mol. The van der Waals surface area contributed by atoms with Crippen LogP contribution in [0.25, 0.3) is 11.1 Å². The first-order valence-corrected chi connectivity index (χ1v) is 10.3. The van der Waals surface area contributed by atoms with Crippen molar-refractivity contribution in [1.29, 1.82) is 0 Å². The molecule has 0 aromatic heterocycles. The maximum absolute atomic E-state index is 11.4. The van der Waals surface area contributed by atoms with Crippen molar-refractivity contribution in [3.8, 4) is 11.1 Å². The Morgan fingerprint density at radius 1 is 0.862 bits per heavy atom. The molecule has 0 unspecified atom stereocenters. The van der Waals surface area contributed by atoms with Crippen LogP contribution in [0.5, 0.6) is 0 Å². The van der Waals surface area contributed by atoms with E-state index < -0.39 is 0 Å². The van der Waals surface area contributed by atoms with Gasteiger partial charge in [0.05, 0.1) is 5.56 Å². The molecule has 0 spiro atoms. The van der Waals surface area contributed by atoms with Gasteiger partial charge in [-0.05, 0) is 53.1 Å². The van der Waals surface area contributed by atoms with Crippen molar-refractivity contribution in [1.82, 2.24) is 4.90 Å². The number of amides is 1. The van der Waals surface area contributed by atoms with Gasteiger partial charge in [0.25, 0.3) is 0 Å². The molecule has 0 bridgehead atoms. The summed E-state index contributed by atoms with van der Waals surface area (Å²) in [6.45, 7) is 4.89. The predicted octanol–water partition coefficient (Wildman–Crippen LogP) is 3.71. The first-order valence-electron chi connectivity index (χ1n) is 9.88. The summed E-state index contributed by atoms with van der Waals surface area (Å²) in [6.07, 6.45) is 0. The highest BCUT2D eigenvalue weighted by atomic mass is 35.5. The van der Waals surface area contributed by atoms with Crippen LogP contribution >= 0.6 is 11.6 Å². The first-order chi connectivity index (χ1) is 14.1. The molecule has 1 fully saturated rings. The molecule has 3 aromatic rings. The van der Waals surface area contributed by atoms with Crippen molar-refractivity contribution in [2.45, 2.75) is 6.54 Å². The van der Waals surface area contributed by atoms with Crippen LogP contribution in [0.15, 0.2) is 72.8 Å². The van der Waals surface area contributed by atoms with E-state index in [4.69, 9.17) is 11.6 Å². The second-order valence-corrected chi connectivity index (χ2v) is 7.83. The minimum atomic E-state index is -0.138. The summed E-state index contributed by atoms with van der Waals surface area (Å²) in [4.78, 5) is 16.2. The molecular weight excluding hydrogens is 382 g/mol. The number of quaternary nitrogens is 1. The van der Waals surface area contributed by atoms with E-state index >= 15 is 0 Å². The number of carbonyl (C=O) groups excluding carboxylic acids is 1. The van der Waals surface area contributed by atoms with E-state index in [1.165, 1.54) is 16.7 Å². The number of halogens is 1. The van der Waals surface area contributed by atoms with Crippen molar-refractivity contribution >= 4 is 23.2 Å². The molecule has 0 radical (unpaired) electrons. The quantitative estimate of drug-likeness (QED) is 0.702. The Morgan fingerprint density at radius 3 is 2.17 bits per heavy atom. The molecule has 4 rings (SSSR count). The van der Waals surface area contributed by atoms with Crippen molar-refractivity contribution < 1.29 is 10.5 Å². The van der Waals surface area contributed by atoms with Gasteiger partial charge in [-0.15, -0.1) is 0 Å². The maximum Gasteiger partial charge on any atom is 0.340 e. The number of rotatable bonds is 5. The SMILES string of the molecule is [NH3+]C(=O)c1ccc(N2CCN(Cc3ccccc3-c3ccc(Cl)cc3)CC2)cc1. The standard InChI is InChI=1S/C24H24ClN3O/c25-21-9-5-18(6-10-21)23-4-2-1-3-20(23)17-27-13-15-28(16-14-27)22-11-7-19(8-12-22)24(26)29/h1-12H,13-17H2,(H2,26,29)/p+1. The van der Waals surface area contributed by atoms with E-state index in [0.717, 1.165) is 43.4 Å². The van der Waals surface area contributed by atoms with Crippen LogP contribution in [0.2, 0.25) is 5.02 Å². The minimum absolute atomic E-state index is 0.138. The zero-order chi connectivity index (χ0) is 20.2. The Bertz CT molecular complexity index is 978. The van der Waals surface area contributed by atoms with Crippen LogP contribution in [0.1, 0.15) is 15.9 Å². The molecular formula is C24H25ClN3O+. The molecule has 29 heavy (non-hydrogen) atoms. The topological polar surface area (TPSA) is 51.2 Å². The van der Waals surface area contributed by atoms with Gasteiger partial charge in [-0.25, -0.2) is 4.79 Å². The number of carbonyl (C=O) groups is 1. The fraction of sp³-hybridized carbons (Fsp3) is 0.208. The van der Waals surface area contributed by atoms with E-state index in [2.05, 4.69) is 51.9 Å². The van der Waals surface area contributed by atoms with Crippen LogP contribution in [0, 0.1) is 0 Å². The zero-order valence-electron chi connectivity index (χ0n) is 16.4. The molecule has 0 saturated carbocycles. The van der Waals surface area contributed by atoms with E-state index in [1.807, 2.05) is 36.4 Å². The molecule has 1 aliphatic heterocycles. The highest BCUT2D eigenvalue weighted by Crippen LogP contribution is 2.27. The van der Waals surface area contributed by atoms with Crippen molar-refractivity contribution in [3.63, 3.8) is 0 Å². The maximum atomic E-state index is 11.4. The normalized spacial score (nSPS) is 14.8. The van der Waals surface area contributed by atoms with Gasteiger partial charge >= 0.3 is 5.91 Å².